The van der Waals surface area contributed by atoms with Crippen molar-refractivity contribution < 1.29 is 4.84 Å². The summed E-state index contributed by atoms with van der Waals surface area (Å²) in [5.41, 5.74) is 2.33. The van der Waals surface area contributed by atoms with Gasteiger partial charge in [-0.05, 0) is 37.8 Å². The molecule has 2 unspecified atom stereocenters. The molecule has 0 amide bonds. The van der Waals surface area contributed by atoms with Gasteiger partial charge in [-0.3, -0.25) is 4.84 Å². The standard InChI is InChI=1S/C22H30BrNO/c1-17(2)21(20-14-10-7-11-15-20)24(22(4,5)16-23)25-18(3)19-12-8-6-9-13-19/h6-15,17-18,21H,16H2,1-5H3. The number of nitrogens with zero attached hydrogens (tertiary/aromatic N) is 1. The van der Waals surface area contributed by atoms with E-state index in [0.717, 1.165) is 5.33 Å². The van der Waals surface area contributed by atoms with Gasteiger partial charge in [0.2, 0.25) is 0 Å². The Morgan fingerprint density at radius 3 is 1.80 bits per heavy atom. The van der Waals surface area contributed by atoms with Crippen LogP contribution in [0.5, 0.6) is 0 Å². The molecule has 136 valence electrons. The Balaban J connectivity index is 2.37. The number of hydrogen-bond donors (Lipinski definition) is 0. The van der Waals surface area contributed by atoms with Crippen LogP contribution in [0, 0.1) is 5.92 Å². The lowest BCUT2D eigenvalue weighted by molar-refractivity contribution is -0.271. The van der Waals surface area contributed by atoms with E-state index in [4.69, 9.17) is 4.84 Å². The average molecular weight is 404 g/mol. The van der Waals surface area contributed by atoms with E-state index in [1.165, 1.54) is 11.1 Å². The Labute approximate surface area is 161 Å². The Bertz CT molecular complexity index is 627. The Kier molecular flexibility index (Phi) is 7.24. The van der Waals surface area contributed by atoms with Crippen LogP contribution in [0.25, 0.3) is 0 Å². The summed E-state index contributed by atoms with van der Waals surface area (Å²) < 4.78 is 0. The van der Waals surface area contributed by atoms with Crippen molar-refractivity contribution in [3.63, 3.8) is 0 Å². The zero-order chi connectivity index (χ0) is 18.4. The predicted molar refractivity (Wildman–Crippen MR) is 110 cm³/mol. The fraction of sp³-hybridized carbons (Fsp3) is 0.455. The molecule has 2 atom stereocenters. The van der Waals surface area contributed by atoms with E-state index in [1.54, 1.807) is 0 Å². The fourth-order valence-electron chi connectivity index (χ4n) is 3.04. The van der Waals surface area contributed by atoms with E-state index in [1.807, 2.05) is 6.07 Å². The molecular formula is C22H30BrNO. The first-order valence-electron chi connectivity index (χ1n) is 8.98. The van der Waals surface area contributed by atoms with E-state index < -0.39 is 0 Å². The second-order valence-corrected chi connectivity index (χ2v) is 8.09. The SMILES string of the molecule is CC(ON(C(c1ccccc1)C(C)C)C(C)(C)CBr)c1ccccc1. The van der Waals surface area contributed by atoms with Crippen molar-refractivity contribution in [1.29, 1.82) is 0 Å². The summed E-state index contributed by atoms with van der Waals surface area (Å²) in [6.07, 6.45) is -0.00973. The van der Waals surface area contributed by atoms with E-state index in [9.17, 15) is 0 Å². The normalized spacial score (nSPS) is 14.7. The van der Waals surface area contributed by atoms with Crippen LogP contribution >= 0.6 is 15.9 Å². The summed E-state index contributed by atoms with van der Waals surface area (Å²) in [4.78, 5) is 6.57. The van der Waals surface area contributed by atoms with Crippen molar-refractivity contribution in [2.75, 3.05) is 5.33 Å². The average Bonchev–Trinajstić information content (AvgIpc) is 2.62. The third kappa shape index (κ3) is 5.16. The van der Waals surface area contributed by atoms with Gasteiger partial charge >= 0.3 is 0 Å². The summed E-state index contributed by atoms with van der Waals surface area (Å²) in [6, 6.07) is 21.2. The second-order valence-electron chi connectivity index (χ2n) is 7.53. The fourth-order valence-corrected chi connectivity index (χ4v) is 3.29. The minimum atomic E-state index is -0.145. The summed E-state index contributed by atoms with van der Waals surface area (Å²) in [5, 5.41) is 3.02. The molecule has 0 fully saturated rings. The molecule has 0 aromatic heterocycles. The molecule has 0 bridgehead atoms. The van der Waals surface area contributed by atoms with Gasteiger partial charge in [0.25, 0.3) is 0 Å². The maximum atomic E-state index is 6.57. The minimum absolute atomic E-state index is 0.00973. The topological polar surface area (TPSA) is 12.5 Å². The first kappa shape index (κ1) is 20.2. The zero-order valence-corrected chi connectivity index (χ0v) is 17.5. The number of hydroxylamine groups is 2. The van der Waals surface area contributed by atoms with Crippen molar-refractivity contribution in [2.24, 2.45) is 5.92 Å². The molecule has 0 radical (unpaired) electrons. The Morgan fingerprint density at radius 1 is 0.880 bits per heavy atom. The third-order valence-corrected chi connectivity index (χ3v) is 5.86. The zero-order valence-electron chi connectivity index (χ0n) is 15.9. The molecule has 0 saturated heterocycles. The lowest BCUT2D eigenvalue weighted by atomic mass is 9.92. The minimum Gasteiger partial charge on any atom is -0.290 e. The number of rotatable bonds is 8. The van der Waals surface area contributed by atoms with Crippen LogP contribution < -0.4 is 0 Å². The first-order valence-corrected chi connectivity index (χ1v) is 10.1. The van der Waals surface area contributed by atoms with Crippen molar-refractivity contribution in [2.45, 2.75) is 52.3 Å². The molecule has 0 aliphatic rings. The Morgan fingerprint density at radius 2 is 1.36 bits per heavy atom. The van der Waals surface area contributed by atoms with Gasteiger partial charge in [-0.2, -0.15) is 5.06 Å². The van der Waals surface area contributed by atoms with E-state index >= 15 is 0 Å². The molecule has 0 saturated carbocycles. The van der Waals surface area contributed by atoms with Crippen LogP contribution in [0.2, 0.25) is 0 Å². The quantitative estimate of drug-likeness (QED) is 0.365. The van der Waals surface area contributed by atoms with Crippen LogP contribution in [-0.4, -0.2) is 15.9 Å². The molecule has 2 rings (SSSR count). The lowest BCUT2D eigenvalue weighted by Gasteiger charge is -2.45. The van der Waals surface area contributed by atoms with Gasteiger partial charge in [0.15, 0.2) is 0 Å². The third-order valence-electron chi connectivity index (χ3n) is 4.49. The maximum absolute atomic E-state index is 6.57. The van der Waals surface area contributed by atoms with Crippen molar-refractivity contribution in [3.05, 3.63) is 71.8 Å². The highest BCUT2D eigenvalue weighted by molar-refractivity contribution is 9.09. The van der Waals surface area contributed by atoms with Gasteiger partial charge in [-0.25, -0.2) is 0 Å². The van der Waals surface area contributed by atoms with Gasteiger partial charge in [-0.1, -0.05) is 90.4 Å². The maximum Gasteiger partial charge on any atom is 0.102 e. The molecule has 0 aliphatic carbocycles. The monoisotopic (exact) mass is 403 g/mol. The van der Waals surface area contributed by atoms with Crippen molar-refractivity contribution in [1.82, 2.24) is 5.06 Å². The van der Waals surface area contributed by atoms with Gasteiger partial charge in [0, 0.05) is 5.33 Å². The van der Waals surface area contributed by atoms with Gasteiger partial charge in [0.1, 0.15) is 6.10 Å². The van der Waals surface area contributed by atoms with Crippen LogP contribution in [-0.2, 0) is 4.84 Å². The highest BCUT2D eigenvalue weighted by atomic mass is 79.9. The summed E-state index contributed by atoms with van der Waals surface area (Å²) >= 11 is 3.69. The molecule has 0 aliphatic heterocycles. The van der Waals surface area contributed by atoms with Crippen LogP contribution in [0.3, 0.4) is 0 Å². The predicted octanol–water partition coefficient (Wildman–Crippen LogP) is 6.55. The van der Waals surface area contributed by atoms with E-state index in [-0.39, 0.29) is 17.7 Å². The molecule has 25 heavy (non-hydrogen) atoms. The number of halogens is 1. The molecule has 0 spiro atoms. The van der Waals surface area contributed by atoms with Crippen molar-refractivity contribution >= 4 is 15.9 Å². The molecule has 2 aromatic carbocycles. The van der Waals surface area contributed by atoms with Gasteiger partial charge in [-0.15, -0.1) is 0 Å². The van der Waals surface area contributed by atoms with Crippen molar-refractivity contribution in [3.8, 4) is 0 Å². The summed E-state index contributed by atoms with van der Waals surface area (Å²) in [5.74, 6) is 0.420. The smallest absolute Gasteiger partial charge is 0.102 e. The Hall–Kier alpha value is -1.16. The van der Waals surface area contributed by atoms with Crippen LogP contribution in [0.15, 0.2) is 60.7 Å². The summed E-state index contributed by atoms with van der Waals surface area (Å²) in [6.45, 7) is 11.1. The lowest BCUT2D eigenvalue weighted by Crippen LogP contribution is -2.49. The molecule has 3 heteroatoms. The van der Waals surface area contributed by atoms with Crippen LogP contribution in [0.4, 0.5) is 0 Å². The van der Waals surface area contributed by atoms with E-state index in [0.29, 0.717) is 5.92 Å². The largest absolute Gasteiger partial charge is 0.290 e. The van der Waals surface area contributed by atoms with Crippen LogP contribution in [0.1, 0.15) is 57.9 Å². The molecular weight excluding hydrogens is 374 g/mol. The second kappa shape index (κ2) is 8.98. The van der Waals surface area contributed by atoms with Gasteiger partial charge in [0.05, 0.1) is 11.6 Å². The summed E-state index contributed by atoms with van der Waals surface area (Å²) in [7, 11) is 0. The highest BCUT2D eigenvalue weighted by Gasteiger charge is 2.37. The van der Waals surface area contributed by atoms with Gasteiger partial charge < -0.3 is 0 Å². The number of benzene rings is 2. The molecule has 2 nitrogen and oxygen atoms in total. The van der Waals surface area contributed by atoms with E-state index in [2.05, 4.69) is 110 Å². The first-order chi connectivity index (χ1) is 11.9. The molecule has 2 aromatic rings. The molecule has 0 heterocycles. The number of hydrogen-bond acceptors (Lipinski definition) is 2. The molecule has 0 N–H and O–H groups in total. The number of alkyl halides is 1. The highest BCUT2D eigenvalue weighted by Crippen LogP contribution is 2.37.